The molecule has 0 saturated carbocycles. The van der Waals surface area contributed by atoms with Gasteiger partial charge in [-0.15, -0.1) is 0 Å². The Bertz CT molecular complexity index is 918. The lowest BCUT2D eigenvalue weighted by molar-refractivity contribution is 0.102. The standard InChI is InChI=1S/C17H17ClFN5O/c1-3-23-10-15(11(2)22-23)17(25)21-14-7-20-24(9-14)8-12-4-5-13(19)6-16(12)18/h4-7,9-10H,3,8H2,1-2H3,(H,21,25). The third-order valence-corrected chi connectivity index (χ3v) is 4.11. The van der Waals surface area contributed by atoms with Crippen LogP contribution in [0.5, 0.6) is 0 Å². The van der Waals surface area contributed by atoms with E-state index in [-0.39, 0.29) is 11.7 Å². The predicted octanol–water partition coefficient (Wildman–Crippen LogP) is 3.50. The number of anilines is 1. The van der Waals surface area contributed by atoms with Gasteiger partial charge < -0.3 is 5.32 Å². The van der Waals surface area contributed by atoms with Gasteiger partial charge in [-0.05, 0) is 31.5 Å². The number of amides is 1. The van der Waals surface area contributed by atoms with E-state index in [1.165, 1.54) is 12.1 Å². The topological polar surface area (TPSA) is 64.7 Å². The number of halogens is 2. The van der Waals surface area contributed by atoms with Crippen molar-refractivity contribution in [2.24, 2.45) is 0 Å². The highest BCUT2D eigenvalue weighted by atomic mass is 35.5. The summed E-state index contributed by atoms with van der Waals surface area (Å²) in [4.78, 5) is 12.4. The van der Waals surface area contributed by atoms with Crippen molar-refractivity contribution in [2.75, 3.05) is 5.32 Å². The minimum atomic E-state index is -0.384. The van der Waals surface area contributed by atoms with Crippen LogP contribution in [0, 0.1) is 12.7 Å². The predicted molar refractivity (Wildman–Crippen MR) is 93.3 cm³/mol. The number of benzene rings is 1. The van der Waals surface area contributed by atoms with Gasteiger partial charge in [0.15, 0.2) is 0 Å². The first-order valence-electron chi connectivity index (χ1n) is 7.78. The molecule has 0 aliphatic carbocycles. The third kappa shape index (κ3) is 3.88. The molecule has 1 amide bonds. The second kappa shape index (κ2) is 7.06. The minimum absolute atomic E-state index is 0.239. The average Bonchev–Trinajstić information content (AvgIpc) is 3.16. The Kier molecular flexibility index (Phi) is 4.85. The second-order valence-electron chi connectivity index (χ2n) is 5.60. The van der Waals surface area contributed by atoms with Crippen molar-refractivity contribution in [1.82, 2.24) is 19.6 Å². The van der Waals surface area contributed by atoms with Crippen molar-refractivity contribution in [3.63, 3.8) is 0 Å². The molecule has 0 unspecified atom stereocenters. The van der Waals surface area contributed by atoms with Crippen LogP contribution in [0.4, 0.5) is 10.1 Å². The highest BCUT2D eigenvalue weighted by Crippen LogP contribution is 2.19. The first kappa shape index (κ1) is 17.2. The largest absolute Gasteiger partial charge is 0.319 e. The number of nitrogens with one attached hydrogen (secondary N) is 1. The molecule has 0 atom stereocenters. The van der Waals surface area contributed by atoms with Crippen LogP contribution in [0.3, 0.4) is 0 Å². The summed E-state index contributed by atoms with van der Waals surface area (Å²) in [6, 6.07) is 4.22. The zero-order valence-corrected chi connectivity index (χ0v) is 14.6. The summed E-state index contributed by atoms with van der Waals surface area (Å²) in [5.74, 6) is -0.623. The molecule has 0 spiro atoms. The van der Waals surface area contributed by atoms with Gasteiger partial charge in [0.1, 0.15) is 5.82 Å². The monoisotopic (exact) mass is 361 g/mol. The molecule has 3 rings (SSSR count). The van der Waals surface area contributed by atoms with Gasteiger partial charge in [0.25, 0.3) is 5.91 Å². The zero-order chi connectivity index (χ0) is 18.0. The molecule has 3 aromatic rings. The molecule has 0 saturated heterocycles. The van der Waals surface area contributed by atoms with Gasteiger partial charge in [0, 0.05) is 24.0 Å². The minimum Gasteiger partial charge on any atom is -0.319 e. The lowest BCUT2D eigenvalue weighted by Gasteiger charge is -2.04. The van der Waals surface area contributed by atoms with Crippen molar-refractivity contribution < 1.29 is 9.18 Å². The molecule has 0 aliphatic rings. The lowest BCUT2D eigenvalue weighted by atomic mass is 10.2. The number of rotatable bonds is 5. The zero-order valence-electron chi connectivity index (χ0n) is 13.8. The van der Waals surface area contributed by atoms with E-state index in [0.717, 1.165) is 5.56 Å². The molecule has 25 heavy (non-hydrogen) atoms. The van der Waals surface area contributed by atoms with Gasteiger partial charge in [-0.2, -0.15) is 10.2 Å². The van der Waals surface area contributed by atoms with Gasteiger partial charge in [-0.25, -0.2) is 4.39 Å². The summed E-state index contributed by atoms with van der Waals surface area (Å²) in [6.07, 6.45) is 4.96. The number of carbonyl (C=O) groups is 1. The summed E-state index contributed by atoms with van der Waals surface area (Å²) in [5, 5.41) is 11.6. The molecule has 1 aromatic carbocycles. The quantitative estimate of drug-likeness (QED) is 0.756. The molecule has 0 fully saturated rings. The maximum atomic E-state index is 13.1. The third-order valence-electron chi connectivity index (χ3n) is 3.75. The number of nitrogens with zero attached hydrogens (tertiary/aromatic N) is 4. The summed E-state index contributed by atoms with van der Waals surface area (Å²) in [7, 11) is 0. The van der Waals surface area contributed by atoms with Gasteiger partial charge in [-0.1, -0.05) is 17.7 Å². The number of aromatic nitrogens is 4. The maximum absolute atomic E-state index is 13.1. The summed E-state index contributed by atoms with van der Waals surface area (Å²) >= 11 is 6.02. The molecular formula is C17H17ClFN5O. The maximum Gasteiger partial charge on any atom is 0.259 e. The SMILES string of the molecule is CCn1cc(C(=O)Nc2cnn(Cc3ccc(F)cc3Cl)c2)c(C)n1. The van der Waals surface area contributed by atoms with E-state index in [1.807, 2.05) is 6.92 Å². The van der Waals surface area contributed by atoms with E-state index in [9.17, 15) is 9.18 Å². The van der Waals surface area contributed by atoms with E-state index >= 15 is 0 Å². The molecule has 0 radical (unpaired) electrons. The van der Waals surface area contributed by atoms with Crippen LogP contribution < -0.4 is 5.32 Å². The van der Waals surface area contributed by atoms with Crippen molar-refractivity contribution in [3.05, 3.63) is 64.5 Å². The molecule has 6 nitrogen and oxygen atoms in total. The van der Waals surface area contributed by atoms with Crippen LogP contribution >= 0.6 is 11.6 Å². The lowest BCUT2D eigenvalue weighted by Crippen LogP contribution is -2.12. The average molecular weight is 362 g/mol. The molecule has 0 bridgehead atoms. The number of carbonyl (C=O) groups excluding carboxylic acids is 1. The Labute approximate surface area is 149 Å². The molecule has 8 heteroatoms. The number of aryl methyl sites for hydroxylation is 2. The van der Waals surface area contributed by atoms with Gasteiger partial charge in [-0.3, -0.25) is 14.2 Å². The summed E-state index contributed by atoms with van der Waals surface area (Å²) < 4.78 is 16.4. The van der Waals surface area contributed by atoms with Crippen LogP contribution in [0.2, 0.25) is 5.02 Å². The number of hydrogen-bond acceptors (Lipinski definition) is 3. The van der Waals surface area contributed by atoms with Crippen LogP contribution in [0.25, 0.3) is 0 Å². The molecule has 0 aliphatic heterocycles. The van der Waals surface area contributed by atoms with Crippen LogP contribution in [-0.2, 0) is 13.1 Å². The Hall–Kier alpha value is -2.67. The Morgan fingerprint density at radius 1 is 1.32 bits per heavy atom. The first-order chi connectivity index (χ1) is 12.0. The smallest absolute Gasteiger partial charge is 0.259 e. The summed E-state index contributed by atoms with van der Waals surface area (Å²) in [6.45, 7) is 4.83. The van der Waals surface area contributed by atoms with Crippen molar-refractivity contribution in [1.29, 1.82) is 0 Å². The van der Waals surface area contributed by atoms with E-state index < -0.39 is 0 Å². The fraction of sp³-hybridized carbons (Fsp3) is 0.235. The first-order valence-corrected chi connectivity index (χ1v) is 8.16. The van der Waals surface area contributed by atoms with Crippen molar-refractivity contribution >= 4 is 23.2 Å². The normalized spacial score (nSPS) is 10.9. The van der Waals surface area contributed by atoms with E-state index in [0.29, 0.717) is 35.1 Å². The Morgan fingerprint density at radius 3 is 2.80 bits per heavy atom. The van der Waals surface area contributed by atoms with Gasteiger partial charge >= 0.3 is 0 Å². The van der Waals surface area contributed by atoms with Crippen molar-refractivity contribution in [3.8, 4) is 0 Å². The second-order valence-corrected chi connectivity index (χ2v) is 6.01. The highest BCUT2D eigenvalue weighted by Gasteiger charge is 2.14. The van der Waals surface area contributed by atoms with Gasteiger partial charge in [0.2, 0.25) is 0 Å². The van der Waals surface area contributed by atoms with Crippen LogP contribution in [0.1, 0.15) is 28.5 Å². The molecule has 2 aromatic heterocycles. The highest BCUT2D eigenvalue weighted by molar-refractivity contribution is 6.31. The van der Waals surface area contributed by atoms with Gasteiger partial charge in [0.05, 0.1) is 29.7 Å². The van der Waals surface area contributed by atoms with E-state index in [4.69, 9.17) is 11.6 Å². The van der Waals surface area contributed by atoms with Crippen LogP contribution in [0.15, 0.2) is 36.8 Å². The molecule has 2 heterocycles. The fourth-order valence-corrected chi connectivity index (χ4v) is 2.67. The van der Waals surface area contributed by atoms with Crippen molar-refractivity contribution in [2.45, 2.75) is 26.9 Å². The Balaban J connectivity index is 1.70. The molecular weight excluding hydrogens is 345 g/mol. The Morgan fingerprint density at radius 2 is 2.12 bits per heavy atom. The molecule has 130 valence electrons. The molecule has 1 N–H and O–H groups in total. The van der Waals surface area contributed by atoms with E-state index in [1.54, 1.807) is 40.9 Å². The van der Waals surface area contributed by atoms with Crippen LogP contribution in [-0.4, -0.2) is 25.5 Å². The fourth-order valence-electron chi connectivity index (χ4n) is 2.44. The van der Waals surface area contributed by atoms with E-state index in [2.05, 4.69) is 15.5 Å². The summed E-state index contributed by atoms with van der Waals surface area (Å²) in [5.41, 5.74) is 2.50. The number of hydrogen-bond donors (Lipinski definition) is 1.